The maximum absolute atomic E-state index is 12.8. The third-order valence-corrected chi connectivity index (χ3v) is 5.38. The van der Waals surface area contributed by atoms with Gasteiger partial charge in [0.05, 0.1) is 4.88 Å². The lowest BCUT2D eigenvalue weighted by Gasteiger charge is -2.24. The van der Waals surface area contributed by atoms with Gasteiger partial charge in [-0.05, 0) is 43.8 Å². The summed E-state index contributed by atoms with van der Waals surface area (Å²) in [5.74, 6) is 0.210. The number of thiophene rings is 1. The number of hydrogen-bond donors (Lipinski definition) is 1. The molecule has 1 aliphatic heterocycles. The number of aryl methyl sites for hydroxylation is 1. The van der Waals surface area contributed by atoms with Crippen LogP contribution >= 0.6 is 11.3 Å². The molecule has 0 saturated carbocycles. The van der Waals surface area contributed by atoms with Gasteiger partial charge in [-0.1, -0.05) is 18.2 Å². The number of benzene rings is 1. The molecule has 1 fully saturated rings. The highest BCUT2D eigenvalue weighted by Gasteiger charge is 2.30. The Labute approximate surface area is 123 Å². The molecule has 0 bridgehead atoms. The van der Waals surface area contributed by atoms with Crippen molar-refractivity contribution in [2.45, 2.75) is 25.8 Å². The average Bonchev–Trinajstić information content (AvgIpc) is 3.04. The van der Waals surface area contributed by atoms with Crippen LogP contribution in [0.1, 0.15) is 28.1 Å². The van der Waals surface area contributed by atoms with Gasteiger partial charge >= 0.3 is 0 Å². The first kappa shape index (κ1) is 13.6. The molecule has 1 atom stereocenters. The molecule has 1 aromatic carbocycles. The molecule has 20 heavy (non-hydrogen) atoms. The quantitative estimate of drug-likeness (QED) is 0.941. The minimum atomic E-state index is 0.210. The third kappa shape index (κ3) is 2.23. The number of likely N-dealkylation sites (N-methyl/N-ethyl adjacent to an activating group) is 1. The van der Waals surface area contributed by atoms with Gasteiger partial charge in [0, 0.05) is 23.8 Å². The molecule has 3 rings (SSSR count). The fraction of sp³-hybridized carbons (Fsp3) is 0.438. The first-order valence-electron chi connectivity index (χ1n) is 7.16. The van der Waals surface area contributed by atoms with Crippen LogP contribution in [0.5, 0.6) is 0 Å². The van der Waals surface area contributed by atoms with Crippen LogP contribution in [0, 0.1) is 6.92 Å². The maximum atomic E-state index is 12.8. The Morgan fingerprint density at radius 3 is 3.00 bits per heavy atom. The SMILES string of the molecule is CNC[C@H]1CCCN1C(=O)c1sc2ccccc2c1C. The average molecular weight is 288 g/mol. The number of rotatable bonds is 3. The van der Waals surface area contributed by atoms with Gasteiger partial charge in [0.25, 0.3) is 5.91 Å². The summed E-state index contributed by atoms with van der Waals surface area (Å²) in [5.41, 5.74) is 1.13. The molecule has 1 aromatic heterocycles. The van der Waals surface area contributed by atoms with Crippen LogP contribution in [0.25, 0.3) is 10.1 Å². The lowest BCUT2D eigenvalue weighted by molar-refractivity contribution is 0.0741. The van der Waals surface area contributed by atoms with Crippen LogP contribution in [-0.2, 0) is 0 Å². The predicted octanol–water partition coefficient (Wildman–Crippen LogP) is 3.03. The van der Waals surface area contributed by atoms with Crippen molar-refractivity contribution >= 4 is 27.3 Å². The van der Waals surface area contributed by atoms with E-state index in [1.54, 1.807) is 11.3 Å². The number of nitrogens with one attached hydrogen (secondary N) is 1. The Bertz CT molecular complexity index is 634. The number of carbonyl (C=O) groups excluding carboxylic acids is 1. The van der Waals surface area contributed by atoms with Crippen molar-refractivity contribution in [1.29, 1.82) is 0 Å². The van der Waals surface area contributed by atoms with E-state index in [1.807, 2.05) is 24.1 Å². The highest BCUT2D eigenvalue weighted by atomic mass is 32.1. The van der Waals surface area contributed by atoms with Crippen molar-refractivity contribution in [3.05, 3.63) is 34.7 Å². The van der Waals surface area contributed by atoms with Crippen molar-refractivity contribution in [2.75, 3.05) is 20.1 Å². The fourth-order valence-corrected chi connectivity index (χ4v) is 4.22. The molecule has 0 aliphatic carbocycles. The molecule has 1 aliphatic rings. The number of carbonyl (C=O) groups is 1. The Balaban J connectivity index is 1.94. The highest BCUT2D eigenvalue weighted by molar-refractivity contribution is 7.21. The molecule has 2 heterocycles. The van der Waals surface area contributed by atoms with E-state index in [9.17, 15) is 4.79 Å². The number of fused-ring (bicyclic) bond motifs is 1. The van der Waals surface area contributed by atoms with Gasteiger partial charge in [-0.3, -0.25) is 4.79 Å². The van der Waals surface area contributed by atoms with Gasteiger partial charge in [0.15, 0.2) is 0 Å². The smallest absolute Gasteiger partial charge is 0.264 e. The summed E-state index contributed by atoms with van der Waals surface area (Å²) in [6.07, 6.45) is 2.22. The Morgan fingerprint density at radius 2 is 2.25 bits per heavy atom. The second-order valence-corrected chi connectivity index (χ2v) is 6.46. The molecule has 4 heteroatoms. The topological polar surface area (TPSA) is 32.3 Å². The maximum Gasteiger partial charge on any atom is 0.264 e. The van der Waals surface area contributed by atoms with E-state index in [0.717, 1.165) is 36.4 Å². The number of likely N-dealkylation sites (tertiary alicyclic amines) is 1. The van der Waals surface area contributed by atoms with Crippen LogP contribution in [-0.4, -0.2) is 37.0 Å². The molecule has 3 nitrogen and oxygen atoms in total. The second-order valence-electron chi connectivity index (χ2n) is 5.40. The molecule has 106 valence electrons. The van der Waals surface area contributed by atoms with Gasteiger partial charge in [-0.2, -0.15) is 0 Å². The first-order valence-corrected chi connectivity index (χ1v) is 7.97. The zero-order valence-electron chi connectivity index (χ0n) is 12.0. The first-order chi connectivity index (χ1) is 9.72. The van der Waals surface area contributed by atoms with E-state index in [-0.39, 0.29) is 5.91 Å². The molecular weight excluding hydrogens is 268 g/mol. The third-order valence-electron chi connectivity index (χ3n) is 4.12. The molecule has 1 saturated heterocycles. The van der Waals surface area contributed by atoms with E-state index >= 15 is 0 Å². The van der Waals surface area contributed by atoms with Crippen molar-refractivity contribution in [1.82, 2.24) is 10.2 Å². The van der Waals surface area contributed by atoms with Crippen molar-refractivity contribution in [2.24, 2.45) is 0 Å². The van der Waals surface area contributed by atoms with E-state index < -0.39 is 0 Å². The van der Waals surface area contributed by atoms with Crippen LogP contribution in [0.3, 0.4) is 0 Å². The minimum absolute atomic E-state index is 0.210. The van der Waals surface area contributed by atoms with E-state index in [1.165, 1.54) is 10.1 Å². The monoisotopic (exact) mass is 288 g/mol. The van der Waals surface area contributed by atoms with Crippen LogP contribution in [0.15, 0.2) is 24.3 Å². The van der Waals surface area contributed by atoms with Gasteiger partial charge in [-0.15, -0.1) is 11.3 Å². The van der Waals surface area contributed by atoms with Crippen molar-refractivity contribution in [3.63, 3.8) is 0 Å². The zero-order valence-corrected chi connectivity index (χ0v) is 12.8. The predicted molar refractivity (Wildman–Crippen MR) is 84.5 cm³/mol. The summed E-state index contributed by atoms with van der Waals surface area (Å²) in [7, 11) is 1.95. The summed E-state index contributed by atoms with van der Waals surface area (Å²) in [6.45, 7) is 3.84. The zero-order chi connectivity index (χ0) is 14.1. The lowest BCUT2D eigenvalue weighted by atomic mass is 10.1. The number of nitrogens with zero attached hydrogens (tertiary/aromatic N) is 1. The summed E-state index contributed by atoms with van der Waals surface area (Å²) in [4.78, 5) is 15.8. The number of hydrogen-bond acceptors (Lipinski definition) is 3. The molecule has 0 radical (unpaired) electrons. The van der Waals surface area contributed by atoms with Crippen LogP contribution in [0.4, 0.5) is 0 Å². The van der Waals surface area contributed by atoms with Gasteiger partial charge in [0.2, 0.25) is 0 Å². The summed E-state index contributed by atoms with van der Waals surface area (Å²) >= 11 is 1.63. The van der Waals surface area contributed by atoms with E-state index in [4.69, 9.17) is 0 Å². The normalized spacial score (nSPS) is 18.9. The molecular formula is C16H20N2OS. The summed E-state index contributed by atoms with van der Waals surface area (Å²) in [5, 5.41) is 4.41. The largest absolute Gasteiger partial charge is 0.334 e. The summed E-state index contributed by atoms with van der Waals surface area (Å²) < 4.78 is 1.21. The van der Waals surface area contributed by atoms with Gasteiger partial charge < -0.3 is 10.2 Å². The Hall–Kier alpha value is -1.39. The van der Waals surface area contributed by atoms with Crippen LogP contribution < -0.4 is 5.32 Å². The lowest BCUT2D eigenvalue weighted by Crippen LogP contribution is -2.40. The summed E-state index contributed by atoms with van der Waals surface area (Å²) in [6, 6.07) is 8.62. The van der Waals surface area contributed by atoms with E-state index in [0.29, 0.717) is 6.04 Å². The van der Waals surface area contributed by atoms with Crippen LogP contribution in [0.2, 0.25) is 0 Å². The second kappa shape index (κ2) is 5.54. The molecule has 0 spiro atoms. The number of amides is 1. The highest BCUT2D eigenvalue weighted by Crippen LogP contribution is 2.32. The molecule has 1 amide bonds. The van der Waals surface area contributed by atoms with Gasteiger partial charge in [-0.25, -0.2) is 0 Å². The standard InChI is InChI=1S/C16H20N2OS/c1-11-13-7-3-4-8-14(13)20-15(11)16(19)18-9-5-6-12(18)10-17-2/h3-4,7-8,12,17H,5-6,9-10H2,1-2H3/t12-/m1/s1. The Kier molecular flexibility index (Phi) is 3.76. The van der Waals surface area contributed by atoms with E-state index in [2.05, 4.69) is 24.4 Å². The van der Waals surface area contributed by atoms with Crippen molar-refractivity contribution < 1.29 is 4.79 Å². The van der Waals surface area contributed by atoms with Gasteiger partial charge in [0.1, 0.15) is 0 Å². The molecule has 2 aromatic rings. The fourth-order valence-electron chi connectivity index (χ4n) is 3.06. The Morgan fingerprint density at radius 1 is 1.45 bits per heavy atom. The van der Waals surface area contributed by atoms with Crippen molar-refractivity contribution in [3.8, 4) is 0 Å². The minimum Gasteiger partial charge on any atom is -0.334 e. The molecule has 0 unspecified atom stereocenters. The molecule has 1 N–H and O–H groups in total.